The monoisotopic (exact) mass is 595 g/mol. The average molecular weight is 596 g/mol. The Balaban J connectivity index is 1.38. The maximum Gasteiger partial charge on any atom is 0.259 e. The molecule has 8 rings (SSSR count). The van der Waals surface area contributed by atoms with Gasteiger partial charge >= 0.3 is 0 Å². The number of nitrogens with one attached hydrogen (secondary N) is 1. The van der Waals surface area contributed by atoms with Gasteiger partial charge in [-0.05, 0) is 35.4 Å². The molecular weight excluding hydrogens is 565 g/mol. The Morgan fingerprint density at radius 1 is 0.977 bits per heavy atom. The van der Waals surface area contributed by atoms with Gasteiger partial charge in [0.15, 0.2) is 22.4 Å². The number of benzene rings is 3. The zero-order valence-electron chi connectivity index (χ0n) is 23.9. The van der Waals surface area contributed by atoms with Crippen LogP contribution in [-0.4, -0.2) is 78.6 Å². The van der Waals surface area contributed by atoms with Gasteiger partial charge in [-0.25, -0.2) is 4.39 Å². The van der Waals surface area contributed by atoms with E-state index in [9.17, 15) is 14.4 Å². The third kappa shape index (κ3) is 4.15. The van der Waals surface area contributed by atoms with Crippen molar-refractivity contribution < 1.29 is 18.3 Å². The number of hydrogen-bond acceptors (Lipinski definition) is 8. The van der Waals surface area contributed by atoms with Gasteiger partial charge < -0.3 is 29.5 Å². The smallest absolute Gasteiger partial charge is 0.259 e. The van der Waals surface area contributed by atoms with E-state index in [-0.39, 0.29) is 33.7 Å². The first-order chi connectivity index (χ1) is 21.4. The lowest BCUT2D eigenvalue weighted by molar-refractivity contribution is 0.0398. The van der Waals surface area contributed by atoms with Gasteiger partial charge in [-0.1, -0.05) is 24.3 Å². The van der Waals surface area contributed by atoms with Gasteiger partial charge in [-0.2, -0.15) is 0 Å². The molecule has 0 saturated carbocycles. The molecule has 44 heavy (non-hydrogen) atoms. The summed E-state index contributed by atoms with van der Waals surface area (Å²) in [5, 5.41) is 5.82. The lowest BCUT2D eigenvalue weighted by Gasteiger charge is -2.26. The van der Waals surface area contributed by atoms with E-state index in [0.29, 0.717) is 73.2 Å². The minimum atomic E-state index is -0.668. The van der Waals surface area contributed by atoms with Gasteiger partial charge in [0.05, 0.1) is 24.1 Å². The summed E-state index contributed by atoms with van der Waals surface area (Å²) in [7, 11) is 0. The molecular formula is C33H30FN5O5. The maximum absolute atomic E-state index is 15.9. The third-order valence-electron chi connectivity index (χ3n) is 9.05. The number of amides is 1. The largest absolute Gasteiger partial charge is 0.451 e. The number of nitrogens with two attached hydrogens (primary N) is 1. The molecule has 2 aliphatic rings. The number of morpholine rings is 1. The van der Waals surface area contributed by atoms with E-state index in [1.807, 2.05) is 24.3 Å². The summed E-state index contributed by atoms with van der Waals surface area (Å²) >= 11 is 0. The van der Waals surface area contributed by atoms with Gasteiger partial charge in [0, 0.05) is 62.3 Å². The Bertz CT molecular complexity index is 2240. The van der Waals surface area contributed by atoms with Crippen molar-refractivity contribution in [1.29, 1.82) is 0 Å². The van der Waals surface area contributed by atoms with Crippen molar-refractivity contribution in [2.45, 2.75) is 12.5 Å². The van der Waals surface area contributed by atoms with E-state index in [1.165, 1.54) is 12.3 Å². The molecule has 4 heterocycles. The van der Waals surface area contributed by atoms with Crippen LogP contribution >= 0.6 is 0 Å². The van der Waals surface area contributed by atoms with Crippen LogP contribution < -0.4 is 21.9 Å². The van der Waals surface area contributed by atoms with Crippen molar-refractivity contribution in [1.82, 2.24) is 14.2 Å². The van der Waals surface area contributed by atoms with Gasteiger partial charge in [0.1, 0.15) is 16.8 Å². The summed E-state index contributed by atoms with van der Waals surface area (Å²) in [6.45, 7) is 4.76. The van der Waals surface area contributed by atoms with E-state index in [4.69, 9.17) is 14.9 Å². The zero-order chi connectivity index (χ0) is 30.1. The Morgan fingerprint density at radius 3 is 2.55 bits per heavy atom. The molecule has 6 aromatic rings. The third-order valence-corrected chi connectivity index (χ3v) is 9.05. The predicted molar refractivity (Wildman–Crippen MR) is 168 cm³/mol. The van der Waals surface area contributed by atoms with Gasteiger partial charge in [0.2, 0.25) is 5.43 Å². The molecule has 0 bridgehead atoms. The second-order valence-electron chi connectivity index (χ2n) is 11.7. The number of carbonyl (C=O) groups is 1. The first kappa shape index (κ1) is 27.0. The van der Waals surface area contributed by atoms with Gasteiger partial charge in [-0.3, -0.25) is 19.3 Å². The minimum absolute atomic E-state index is 0.0354. The van der Waals surface area contributed by atoms with Crippen LogP contribution in [0.3, 0.4) is 0 Å². The molecule has 11 heteroatoms. The molecule has 0 aliphatic carbocycles. The number of aromatic nitrogens is 1. The van der Waals surface area contributed by atoms with Crippen LogP contribution in [0.25, 0.3) is 49.1 Å². The summed E-state index contributed by atoms with van der Waals surface area (Å²) in [4.78, 5) is 44.6. The Hall–Kier alpha value is -4.58. The number of likely N-dealkylation sites (tertiary alicyclic amines) is 1. The molecule has 2 aliphatic heterocycles. The van der Waals surface area contributed by atoms with Crippen LogP contribution in [0, 0.1) is 5.82 Å². The number of carbonyl (C=O) groups excluding carboxylic acids is 1. The Labute approximate surface area is 249 Å². The SMILES string of the molecule is N[C@H]1CCN(C(=O)c2cn3c4cc5c(cc4oc4c(NCCN6CCOCC6)c(F)cc(c2=O)c43)c(=O)c2ccccc25)C1. The van der Waals surface area contributed by atoms with Crippen LogP contribution in [0.4, 0.5) is 10.1 Å². The quantitative estimate of drug-likeness (QED) is 0.230. The van der Waals surface area contributed by atoms with E-state index < -0.39 is 17.2 Å². The lowest BCUT2D eigenvalue weighted by atomic mass is 10.1. The van der Waals surface area contributed by atoms with Crippen LogP contribution in [-0.2, 0) is 4.74 Å². The highest BCUT2D eigenvalue weighted by atomic mass is 19.1. The number of pyridine rings is 1. The number of hydrogen-bond donors (Lipinski definition) is 2. The number of nitrogens with zero attached hydrogens (tertiary/aromatic N) is 3. The highest BCUT2D eigenvalue weighted by Crippen LogP contribution is 2.36. The fourth-order valence-corrected chi connectivity index (χ4v) is 6.76. The van der Waals surface area contributed by atoms with Crippen molar-refractivity contribution in [3.63, 3.8) is 0 Å². The summed E-state index contributed by atoms with van der Waals surface area (Å²) in [5.41, 5.74) is 6.76. The van der Waals surface area contributed by atoms with Gasteiger partial charge in [-0.15, -0.1) is 0 Å². The molecule has 1 atom stereocenters. The maximum atomic E-state index is 15.9. The topological polar surface area (TPSA) is 123 Å². The molecule has 0 radical (unpaired) electrons. The summed E-state index contributed by atoms with van der Waals surface area (Å²) < 4.78 is 29.4. The highest BCUT2D eigenvalue weighted by Gasteiger charge is 2.29. The molecule has 2 saturated heterocycles. The minimum Gasteiger partial charge on any atom is -0.451 e. The summed E-state index contributed by atoms with van der Waals surface area (Å²) in [5.74, 6) is -1.11. The fourth-order valence-electron chi connectivity index (χ4n) is 6.76. The molecule has 2 fully saturated rings. The van der Waals surface area contributed by atoms with E-state index in [0.717, 1.165) is 23.9 Å². The number of halogens is 1. The van der Waals surface area contributed by atoms with E-state index in [2.05, 4.69) is 10.2 Å². The average Bonchev–Trinajstić information content (AvgIpc) is 3.59. The predicted octanol–water partition coefficient (Wildman–Crippen LogP) is 3.36. The van der Waals surface area contributed by atoms with E-state index in [1.54, 1.807) is 21.4 Å². The standard InChI is InChI=1S/C33H30FN5O5/c34-25-13-23-29-32(28(25)36-6-8-37-9-11-43-12-10-37)44-27-15-22-21(19-3-1-2-4-20(19)30(22)40)14-26(27)39(29)17-24(31(23)41)33(42)38-7-5-18(35)16-38/h1-4,13-15,17-18,36H,5-12,16,35H2/t18-/m0/s1. The Kier molecular flexibility index (Phi) is 6.30. The molecule has 224 valence electrons. The highest BCUT2D eigenvalue weighted by molar-refractivity contribution is 6.15. The van der Waals surface area contributed by atoms with Crippen molar-refractivity contribution in [3.8, 4) is 0 Å². The second kappa shape index (κ2) is 10.3. The van der Waals surface area contributed by atoms with Crippen molar-refractivity contribution in [2.75, 3.05) is 57.8 Å². The van der Waals surface area contributed by atoms with Gasteiger partial charge in [0.25, 0.3) is 5.91 Å². The van der Waals surface area contributed by atoms with Crippen LogP contribution in [0.1, 0.15) is 16.8 Å². The molecule has 10 nitrogen and oxygen atoms in total. The van der Waals surface area contributed by atoms with E-state index >= 15 is 4.39 Å². The van der Waals surface area contributed by atoms with Crippen LogP contribution in [0.5, 0.6) is 0 Å². The fraction of sp³-hybridized carbons (Fsp3) is 0.303. The molecule has 1 amide bonds. The number of rotatable bonds is 5. The lowest BCUT2D eigenvalue weighted by Crippen LogP contribution is -2.39. The zero-order valence-corrected chi connectivity index (χ0v) is 23.9. The first-order valence-corrected chi connectivity index (χ1v) is 14.9. The van der Waals surface area contributed by atoms with Crippen molar-refractivity contribution in [3.05, 3.63) is 80.5 Å². The first-order valence-electron chi connectivity index (χ1n) is 14.9. The Morgan fingerprint density at radius 2 is 1.77 bits per heavy atom. The summed E-state index contributed by atoms with van der Waals surface area (Å²) in [6.07, 6.45) is 2.16. The number of fused-ring (bicyclic) bond motifs is 5. The van der Waals surface area contributed by atoms with Crippen molar-refractivity contribution in [2.24, 2.45) is 5.73 Å². The number of anilines is 1. The van der Waals surface area contributed by atoms with Crippen molar-refractivity contribution >= 4 is 60.7 Å². The molecule has 4 aromatic carbocycles. The number of ether oxygens (including phenoxy) is 1. The normalized spacial score (nSPS) is 18.0. The molecule has 3 N–H and O–H groups in total. The second-order valence-corrected chi connectivity index (χ2v) is 11.7. The summed E-state index contributed by atoms with van der Waals surface area (Å²) in [6, 6.07) is 11.9. The van der Waals surface area contributed by atoms with Crippen LogP contribution in [0.2, 0.25) is 0 Å². The van der Waals surface area contributed by atoms with Crippen LogP contribution in [0.15, 0.2) is 62.7 Å². The molecule has 2 aromatic heterocycles. The molecule has 0 unspecified atom stereocenters. The molecule has 0 spiro atoms.